The van der Waals surface area contributed by atoms with Gasteiger partial charge in [-0.1, -0.05) is 24.8 Å². The summed E-state index contributed by atoms with van der Waals surface area (Å²) in [4.78, 5) is 12.8. The first kappa shape index (κ1) is 16.7. The zero-order chi connectivity index (χ0) is 18.0. The third-order valence-corrected chi connectivity index (χ3v) is 3.85. The molecular formula is C19H19N3O3. The van der Waals surface area contributed by atoms with Crippen molar-refractivity contribution in [1.82, 2.24) is 15.0 Å². The summed E-state index contributed by atoms with van der Waals surface area (Å²) in [6.45, 7) is 7.28. The van der Waals surface area contributed by atoms with Gasteiger partial charge < -0.3 is 9.84 Å². The summed E-state index contributed by atoms with van der Waals surface area (Å²) in [7, 11) is 0. The van der Waals surface area contributed by atoms with Gasteiger partial charge in [-0.25, -0.2) is 4.79 Å². The third kappa shape index (κ3) is 3.52. The fraction of sp³-hybridized carbons (Fsp3) is 0.211. The molecule has 1 heterocycles. The number of para-hydroxylation sites is 1. The number of hydrogen-bond donors (Lipinski definition) is 1. The second-order valence-corrected chi connectivity index (χ2v) is 5.92. The second kappa shape index (κ2) is 6.76. The summed E-state index contributed by atoms with van der Waals surface area (Å²) >= 11 is 0. The van der Waals surface area contributed by atoms with E-state index in [0.717, 1.165) is 16.6 Å². The molecule has 0 aliphatic carbocycles. The molecule has 0 fully saturated rings. The normalized spacial score (nSPS) is 10.8. The third-order valence-electron chi connectivity index (χ3n) is 3.85. The summed E-state index contributed by atoms with van der Waals surface area (Å²) in [5.41, 5.74) is 4.11. The van der Waals surface area contributed by atoms with Gasteiger partial charge in [0, 0.05) is 12.0 Å². The summed E-state index contributed by atoms with van der Waals surface area (Å²) in [6.07, 6.45) is 0.581. The lowest BCUT2D eigenvalue weighted by Gasteiger charge is -2.04. The molecule has 0 bridgehead atoms. The molecule has 3 aromatic rings. The minimum atomic E-state index is -0.387. The molecule has 2 aromatic carbocycles. The largest absolute Gasteiger partial charge is 0.505 e. The topological polar surface area (TPSA) is 77.2 Å². The number of rotatable bonds is 5. The van der Waals surface area contributed by atoms with Crippen molar-refractivity contribution in [3.05, 3.63) is 59.7 Å². The lowest BCUT2D eigenvalue weighted by Crippen LogP contribution is -2.07. The average molecular weight is 337 g/mol. The van der Waals surface area contributed by atoms with Crippen LogP contribution in [0.15, 0.2) is 48.6 Å². The van der Waals surface area contributed by atoms with E-state index in [1.165, 1.54) is 4.80 Å². The molecule has 0 atom stereocenters. The summed E-state index contributed by atoms with van der Waals surface area (Å²) in [5, 5.41) is 19.0. The number of esters is 1. The van der Waals surface area contributed by atoms with Crippen molar-refractivity contribution in [2.24, 2.45) is 0 Å². The Kier molecular flexibility index (Phi) is 4.52. The Balaban J connectivity index is 1.81. The molecule has 6 nitrogen and oxygen atoms in total. The van der Waals surface area contributed by atoms with Gasteiger partial charge in [-0.3, -0.25) is 0 Å². The van der Waals surface area contributed by atoms with Gasteiger partial charge in [0.15, 0.2) is 0 Å². The number of hydrogen-bond acceptors (Lipinski definition) is 5. The number of benzene rings is 2. The van der Waals surface area contributed by atoms with Crippen molar-refractivity contribution in [3.8, 4) is 11.4 Å². The van der Waals surface area contributed by atoms with Crippen LogP contribution in [0.3, 0.4) is 0 Å². The maximum atomic E-state index is 11.4. The number of aryl methyl sites for hydroxylation is 1. The van der Waals surface area contributed by atoms with Gasteiger partial charge in [-0.15, -0.1) is 15.0 Å². The predicted octanol–water partition coefficient (Wildman–Crippen LogP) is 3.10. The molecule has 128 valence electrons. The van der Waals surface area contributed by atoms with E-state index in [1.54, 1.807) is 13.0 Å². The number of ether oxygens (including phenoxy) is 1. The number of fused-ring (bicyclic) bond motifs is 1. The highest BCUT2D eigenvalue weighted by molar-refractivity contribution is 5.86. The number of aromatic nitrogens is 3. The maximum absolute atomic E-state index is 11.4. The molecule has 0 spiro atoms. The van der Waals surface area contributed by atoms with E-state index in [1.807, 2.05) is 37.3 Å². The van der Waals surface area contributed by atoms with Crippen molar-refractivity contribution in [2.45, 2.75) is 20.3 Å². The van der Waals surface area contributed by atoms with E-state index < -0.39 is 0 Å². The quantitative estimate of drug-likeness (QED) is 0.572. The molecule has 0 unspecified atom stereocenters. The minimum Gasteiger partial charge on any atom is -0.505 e. The van der Waals surface area contributed by atoms with Gasteiger partial charge >= 0.3 is 5.97 Å². The van der Waals surface area contributed by atoms with E-state index >= 15 is 0 Å². The first-order valence-corrected chi connectivity index (χ1v) is 7.93. The summed E-state index contributed by atoms with van der Waals surface area (Å²) < 4.78 is 5.11. The first-order valence-electron chi connectivity index (χ1n) is 7.93. The smallest absolute Gasteiger partial charge is 0.333 e. The van der Waals surface area contributed by atoms with E-state index in [4.69, 9.17) is 4.74 Å². The zero-order valence-electron chi connectivity index (χ0n) is 14.2. The van der Waals surface area contributed by atoms with Crippen LogP contribution in [0.5, 0.6) is 5.75 Å². The van der Waals surface area contributed by atoms with Crippen LogP contribution in [0, 0.1) is 6.92 Å². The fourth-order valence-electron chi connectivity index (χ4n) is 2.41. The first-order chi connectivity index (χ1) is 12.0. The van der Waals surface area contributed by atoms with Gasteiger partial charge in [0.25, 0.3) is 0 Å². The monoisotopic (exact) mass is 337 g/mol. The standard InChI is InChI=1S/C19H19N3O3/c1-12(2)19(24)25-10-9-14-7-8-15-16(11-14)21-22(20-15)17-6-4-5-13(3)18(17)23/h4-8,11,23H,1,9-10H2,2-3H3. The average Bonchev–Trinajstić information content (AvgIpc) is 3.00. The molecule has 0 aliphatic rings. The van der Waals surface area contributed by atoms with Crippen LogP contribution in [0.1, 0.15) is 18.1 Å². The Bertz CT molecular complexity index is 960. The van der Waals surface area contributed by atoms with Crippen LogP contribution in [-0.2, 0) is 16.0 Å². The second-order valence-electron chi connectivity index (χ2n) is 5.92. The van der Waals surface area contributed by atoms with Crippen molar-refractivity contribution in [2.75, 3.05) is 6.61 Å². The van der Waals surface area contributed by atoms with Gasteiger partial charge in [0.1, 0.15) is 22.5 Å². The van der Waals surface area contributed by atoms with E-state index in [2.05, 4.69) is 16.8 Å². The van der Waals surface area contributed by atoms with Crippen LogP contribution >= 0.6 is 0 Å². The van der Waals surface area contributed by atoms with Gasteiger partial charge in [0.05, 0.1) is 6.61 Å². The van der Waals surface area contributed by atoms with Crippen LogP contribution in [0.2, 0.25) is 0 Å². The van der Waals surface area contributed by atoms with E-state index in [-0.39, 0.29) is 18.3 Å². The predicted molar refractivity (Wildman–Crippen MR) is 94.7 cm³/mol. The van der Waals surface area contributed by atoms with Crippen molar-refractivity contribution < 1.29 is 14.6 Å². The highest BCUT2D eigenvalue weighted by Gasteiger charge is 2.11. The minimum absolute atomic E-state index is 0.162. The Labute approximate surface area is 145 Å². The molecule has 0 aliphatic heterocycles. The molecule has 25 heavy (non-hydrogen) atoms. The number of carbonyl (C=O) groups is 1. The Morgan fingerprint density at radius 1 is 1.24 bits per heavy atom. The number of carbonyl (C=O) groups excluding carboxylic acids is 1. The number of aromatic hydroxyl groups is 1. The molecule has 1 aromatic heterocycles. The molecule has 3 rings (SSSR count). The van der Waals surface area contributed by atoms with Gasteiger partial charge in [-0.05, 0) is 43.2 Å². The Morgan fingerprint density at radius 3 is 2.76 bits per heavy atom. The van der Waals surface area contributed by atoms with Gasteiger partial charge in [0.2, 0.25) is 0 Å². The van der Waals surface area contributed by atoms with Crippen molar-refractivity contribution in [1.29, 1.82) is 0 Å². The maximum Gasteiger partial charge on any atom is 0.333 e. The Hall–Kier alpha value is -3.15. The highest BCUT2D eigenvalue weighted by Crippen LogP contribution is 2.25. The van der Waals surface area contributed by atoms with Crippen molar-refractivity contribution in [3.63, 3.8) is 0 Å². The lowest BCUT2D eigenvalue weighted by atomic mass is 10.1. The van der Waals surface area contributed by atoms with E-state index in [9.17, 15) is 9.90 Å². The molecular weight excluding hydrogens is 318 g/mol. The molecule has 0 saturated carbocycles. The van der Waals surface area contributed by atoms with Crippen LogP contribution < -0.4 is 0 Å². The Morgan fingerprint density at radius 2 is 2.00 bits per heavy atom. The van der Waals surface area contributed by atoms with E-state index in [0.29, 0.717) is 23.2 Å². The molecule has 0 amide bonds. The summed E-state index contributed by atoms with van der Waals surface area (Å²) in [5.74, 6) is -0.225. The molecule has 6 heteroatoms. The van der Waals surface area contributed by atoms with Crippen LogP contribution in [-0.4, -0.2) is 32.7 Å². The molecule has 0 radical (unpaired) electrons. The van der Waals surface area contributed by atoms with Crippen LogP contribution in [0.25, 0.3) is 16.7 Å². The highest BCUT2D eigenvalue weighted by atomic mass is 16.5. The molecule has 0 saturated heterocycles. The lowest BCUT2D eigenvalue weighted by molar-refractivity contribution is -0.138. The summed E-state index contributed by atoms with van der Waals surface area (Å²) in [6, 6.07) is 11.1. The number of phenolic OH excluding ortho intramolecular Hbond substituents is 1. The number of phenols is 1. The fourth-order valence-corrected chi connectivity index (χ4v) is 2.41. The number of nitrogens with zero attached hydrogens (tertiary/aromatic N) is 3. The zero-order valence-corrected chi connectivity index (χ0v) is 14.2. The SMILES string of the molecule is C=C(C)C(=O)OCCc1ccc2nn(-c3cccc(C)c3O)nc2c1. The van der Waals surface area contributed by atoms with Crippen molar-refractivity contribution >= 4 is 17.0 Å². The molecule has 1 N–H and O–H groups in total. The van der Waals surface area contributed by atoms with Crippen LogP contribution in [0.4, 0.5) is 0 Å². The van der Waals surface area contributed by atoms with Gasteiger partial charge in [-0.2, -0.15) is 0 Å².